The predicted molar refractivity (Wildman–Crippen MR) is 120 cm³/mol. The molecule has 0 unspecified atom stereocenters. The largest absolute Gasteiger partial charge is 0.489 e. The van der Waals surface area contributed by atoms with Crippen molar-refractivity contribution in [1.29, 1.82) is 0 Å². The summed E-state index contributed by atoms with van der Waals surface area (Å²) in [5.74, 6) is 0.636. The van der Waals surface area contributed by atoms with Crippen LogP contribution in [0.3, 0.4) is 0 Å². The van der Waals surface area contributed by atoms with Gasteiger partial charge in [-0.05, 0) is 67.0 Å². The van der Waals surface area contributed by atoms with Gasteiger partial charge in [0.25, 0.3) is 5.56 Å². The van der Waals surface area contributed by atoms with Gasteiger partial charge >= 0.3 is 0 Å². The molecule has 152 valence electrons. The maximum absolute atomic E-state index is 11.9. The van der Waals surface area contributed by atoms with Gasteiger partial charge < -0.3 is 15.0 Å². The number of pyridine rings is 1. The van der Waals surface area contributed by atoms with Gasteiger partial charge in [0.15, 0.2) is 0 Å². The lowest BCUT2D eigenvalue weighted by molar-refractivity contribution is 0.139. The molecule has 0 radical (unpaired) electrons. The fourth-order valence-electron chi connectivity index (χ4n) is 3.75. The minimum absolute atomic E-state index is 0.120. The fourth-order valence-corrected chi connectivity index (χ4v) is 4.28. The van der Waals surface area contributed by atoms with E-state index in [1.54, 1.807) is 12.3 Å². The lowest BCUT2D eigenvalue weighted by Gasteiger charge is -2.30. The molecule has 0 saturated heterocycles. The Labute approximate surface area is 184 Å². The smallest absolute Gasteiger partial charge is 0.255 e. The molecule has 1 heterocycles. The fraction of sp³-hybridized carbons (Fsp3) is 0.318. The van der Waals surface area contributed by atoms with Crippen molar-refractivity contribution < 1.29 is 4.74 Å². The maximum Gasteiger partial charge on any atom is 0.255 e. The van der Waals surface area contributed by atoms with Gasteiger partial charge in [0.1, 0.15) is 5.75 Å². The van der Waals surface area contributed by atoms with Gasteiger partial charge in [-0.1, -0.05) is 40.9 Å². The predicted octanol–water partition coefficient (Wildman–Crippen LogP) is 5.97. The molecule has 0 aliphatic heterocycles. The van der Waals surface area contributed by atoms with Crippen LogP contribution in [0.4, 0.5) is 0 Å². The van der Waals surface area contributed by atoms with Crippen LogP contribution in [0.5, 0.6) is 5.75 Å². The van der Waals surface area contributed by atoms with E-state index < -0.39 is 0 Å². The van der Waals surface area contributed by atoms with Crippen molar-refractivity contribution in [2.45, 2.75) is 44.4 Å². The molecule has 4 rings (SSSR count). The van der Waals surface area contributed by atoms with Crippen LogP contribution in [0, 0.1) is 0 Å². The first-order valence-corrected chi connectivity index (χ1v) is 10.8. The first-order chi connectivity index (χ1) is 14.0. The van der Waals surface area contributed by atoms with Gasteiger partial charge in [0.05, 0.1) is 21.2 Å². The SMILES string of the molecule is O=c1[nH]ccc2cc(OC3CCC(NCc4ccc(Cl)c(Cl)c4)CC3)c(Cl)cc12. The molecular weight excluding hydrogens is 431 g/mol. The molecule has 2 N–H and O–H groups in total. The summed E-state index contributed by atoms with van der Waals surface area (Å²) in [6.45, 7) is 0.762. The average Bonchev–Trinajstić information content (AvgIpc) is 2.71. The second-order valence-corrected chi connectivity index (χ2v) is 8.62. The minimum Gasteiger partial charge on any atom is -0.489 e. The Bertz CT molecular complexity index is 1080. The lowest BCUT2D eigenvalue weighted by Crippen LogP contribution is -2.36. The zero-order chi connectivity index (χ0) is 20.4. The molecule has 1 fully saturated rings. The van der Waals surface area contributed by atoms with Crippen molar-refractivity contribution in [1.82, 2.24) is 10.3 Å². The Morgan fingerprint density at radius 3 is 2.52 bits per heavy atom. The highest BCUT2D eigenvalue weighted by Crippen LogP contribution is 2.32. The van der Waals surface area contributed by atoms with Gasteiger partial charge in [-0.25, -0.2) is 0 Å². The van der Waals surface area contributed by atoms with E-state index in [4.69, 9.17) is 39.5 Å². The third-order valence-electron chi connectivity index (χ3n) is 5.37. The van der Waals surface area contributed by atoms with Crippen molar-refractivity contribution in [3.63, 3.8) is 0 Å². The number of rotatable bonds is 5. The highest BCUT2D eigenvalue weighted by atomic mass is 35.5. The number of hydrogen-bond acceptors (Lipinski definition) is 3. The van der Waals surface area contributed by atoms with E-state index in [0.717, 1.165) is 43.2 Å². The number of benzene rings is 2. The second-order valence-electron chi connectivity index (χ2n) is 7.40. The molecule has 0 bridgehead atoms. The molecule has 0 spiro atoms. The van der Waals surface area contributed by atoms with Gasteiger partial charge in [-0.3, -0.25) is 4.79 Å². The number of aromatic nitrogens is 1. The number of nitrogens with one attached hydrogen (secondary N) is 2. The molecule has 1 aromatic heterocycles. The van der Waals surface area contributed by atoms with Crippen LogP contribution in [0.15, 0.2) is 47.4 Å². The van der Waals surface area contributed by atoms with E-state index in [1.165, 1.54) is 0 Å². The Morgan fingerprint density at radius 2 is 1.76 bits per heavy atom. The summed E-state index contributed by atoms with van der Waals surface area (Å²) in [6.07, 6.45) is 5.70. The van der Waals surface area contributed by atoms with Gasteiger partial charge in [0.2, 0.25) is 0 Å². The lowest BCUT2D eigenvalue weighted by atomic mass is 9.92. The molecule has 7 heteroatoms. The molecule has 0 amide bonds. The van der Waals surface area contributed by atoms with Gasteiger partial charge in [-0.2, -0.15) is 0 Å². The van der Waals surface area contributed by atoms with Crippen LogP contribution in [-0.4, -0.2) is 17.1 Å². The van der Waals surface area contributed by atoms with Crippen molar-refractivity contribution in [2.24, 2.45) is 0 Å². The van der Waals surface area contributed by atoms with E-state index in [9.17, 15) is 4.79 Å². The Balaban J connectivity index is 1.33. The molecule has 0 atom stereocenters. The number of halogens is 3. The van der Waals surface area contributed by atoms with Crippen molar-refractivity contribution in [3.05, 3.63) is 73.6 Å². The summed E-state index contributed by atoms with van der Waals surface area (Å²) in [7, 11) is 0. The van der Waals surface area contributed by atoms with Crippen LogP contribution in [0.1, 0.15) is 31.2 Å². The monoisotopic (exact) mass is 450 g/mol. The van der Waals surface area contributed by atoms with E-state index in [-0.39, 0.29) is 11.7 Å². The Morgan fingerprint density at radius 1 is 0.966 bits per heavy atom. The zero-order valence-electron chi connectivity index (χ0n) is 15.7. The molecule has 4 nitrogen and oxygen atoms in total. The Hall–Kier alpha value is -1.72. The van der Waals surface area contributed by atoms with E-state index in [0.29, 0.717) is 32.2 Å². The van der Waals surface area contributed by atoms with E-state index in [1.807, 2.05) is 30.3 Å². The summed E-state index contributed by atoms with van der Waals surface area (Å²) < 4.78 is 6.17. The quantitative estimate of drug-likeness (QED) is 0.502. The summed E-state index contributed by atoms with van der Waals surface area (Å²) in [5, 5.41) is 6.60. The molecular formula is C22H21Cl3N2O2. The zero-order valence-corrected chi connectivity index (χ0v) is 17.9. The molecule has 1 aliphatic carbocycles. The standard InChI is InChI=1S/C22H21Cl3N2O2/c23-18-6-1-13(9-19(18)24)12-27-15-2-4-16(5-3-15)29-21-10-14-7-8-26-22(28)17(14)11-20(21)25/h1,6-11,15-16,27H,2-5,12H2,(H,26,28). The summed E-state index contributed by atoms with van der Waals surface area (Å²) in [4.78, 5) is 14.6. The average molecular weight is 452 g/mol. The number of aromatic amines is 1. The number of hydrogen-bond donors (Lipinski definition) is 2. The molecule has 29 heavy (non-hydrogen) atoms. The van der Waals surface area contributed by atoms with Crippen LogP contribution in [0.25, 0.3) is 10.8 Å². The van der Waals surface area contributed by atoms with Crippen molar-refractivity contribution in [3.8, 4) is 5.75 Å². The van der Waals surface area contributed by atoms with Crippen LogP contribution >= 0.6 is 34.8 Å². The molecule has 1 aliphatic rings. The third kappa shape index (κ3) is 4.89. The molecule has 3 aromatic rings. The highest BCUT2D eigenvalue weighted by molar-refractivity contribution is 6.42. The van der Waals surface area contributed by atoms with Crippen molar-refractivity contribution >= 4 is 45.6 Å². The normalized spacial score (nSPS) is 19.4. The van der Waals surface area contributed by atoms with Crippen molar-refractivity contribution in [2.75, 3.05) is 0 Å². The minimum atomic E-state index is -0.149. The topological polar surface area (TPSA) is 54.1 Å². The van der Waals surface area contributed by atoms with Crippen LogP contribution < -0.4 is 15.6 Å². The van der Waals surface area contributed by atoms with E-state index >= 15 is 0 Å². The highest BCUT2D eigenvalue weighted by Gasteiger charge is 2.23. The van der Waals surface area contributed by atoms with Gasteiger partial charge in [-0.15, -0.1) is 0 Å². The summed E-state index contributed by atoms with van der Waals surface area (Å²) in [6, 6.07) is 11.5. The number of ether oxygens (including phenoxy) is 1. The first-order valence-electron chi connectivity index (χ1n) is 9.64. The third-order valence-corrected chi connectivity index (χ3v) is 6.41. The van der Waals surface area contributed by atoms with E-state index in [2.05, 4.69) is 10.3 Å². The Kier molecular flexibility index (Phi) is 6.35. The first kappa shape index (κ1) is 20.5. The van der Waals surface area contributed by atoms with Crippen LogP contribution in [-0.2, 0) is 6.54 Å². The van der Waals surface area contributed by atoms with Crippen LogP contribution in [0.2, 0.25) is 15.1 Å². The summed E-state index contributed by atoms with van der Waals surface area (Å²) in [5.41, 5.74) is 0.972. The molecule has 2 aromatic carbocycles. The number of fused-ring (bicyclic) bond motifs is 1. The molecule has 1 saturated carbocycles. The number of H-pyrrole nitrogens is 1. The van der Waals surface area contributed by atoms with Gasteiger partial charge in [0, 0.05) is 24.2 Å². The second kappa shape index (κ2) is 8.97. The maximum atomic E-state index is 11.9. The summed E-state index contributed by atoms with van der Waals surface area (Å²) >= 11 is 18.4.